The second-order valence-electron chi connectivity index (χ2n) is 4.73. The van der Waals surface area contributed by atoms with Crippen molar-refractivity contribution in [3.8, 4) is 0 Å². The Kier molecular flexibility index (Phi) is 6.11. The number of nitrogens with one attached hydrogen (secondary N) is 1. The molecule has 0 atom stereocenters. The average molecular weight is 333 g/mol. The molecule has 5 heteroatoms. The fourth-order valence-electron chi connectivity index (χ4n) is 2.22. The van der Waals surface area contributed by atoms with Gasteiger partial charge in [0.15, 0.2) is 0 Å². The van der Waals surface area contributed by atoms with Gasteiger partial charge in [-0.05, 0) is 41.9 Å². The molecule has 1 aliphatic heterocycles. The molecule has 1 aromatic rings. The van der Waals surface area contributed by atoms with Gasteiger partial charge in [-0.25, -0.2) is 0 Å². The maximum atomic E-state index is 5.39. The van der Waals surface area contributed by atoms with E-state index in [2.05, 4.69) is 44.6 Å². The summed E-state index contributed by atoms with van der Waals surface area (Å²) in [7, 11) is 2.22. The van der Waals surface area contributed by atoms with Gasteiger partial charge < -0.3 is 15.0 Å². The smallest absolute Gasteiger partial charge is 0.0480 e. The van der Waals surface area contributed by atoms with Gasteiger partial charge in [-0.1, -0.05) is 0 Å². The Hall–Kier alpha value is 0.0600. The number of hydrogen-bond acceptors (Lipinski definition) is 4. The highest BCUT2D eigenvalue weighted by Crippen LogP contribution is 2.19. The van der Waals surface area contributed by atoms with Crippen LogP contribution in [-0.2, 0) is 11.3 Å². The largest absolute Gasteiger partial charge is 0.381 e. The van der Waals surface area contributed by atoms with E-state index in [4.69, 9.17) is 4.74 Å². The molecule has 0 amide bonds. The van der Waals surface area contributed by atoms with Crippen LogP contribution < -0.4 is 5.32 Å². The number of nitrogens with zero attached hydrogens (tertiary/aromatic N) is 1. The SMILES string of the molecule is CN(CCNCc1cc(Br)cs1)C1CCOCC1. The Morgan fingerprint density at radius 1 is 1.50 bits per heavy atom. The first-order valence-electron chi connectivity index (χ1n) is 6.47. The van der Waals surface area contributed by atoms with Crippen molar-refractivity contribution in [3.63, 3.8) is 0 Å². The summed E-state index contributed by atoms with van der Waals surface area (Å²) >= 11 is 5.28. The fraction of sp³-hybridized carbons (Fsp3) is 0.692. The molecule has 1 aliphatic rings. The van der Waals surface area contributed by atoms with Crippen LogP contribution in [0, 0.1) is 0 Å². The first-order valence-corrected chi connectivity index (χ1v) is 8.14. The number of halogens is 1. The van der Waals surface area contributed by atoms with Crippen LogP contribution in [0.2, 0.25) is 0 Å². The number of hydrogen-bond donors (Lipinski definition) is 1. The van der Waals surface area contributed by atoms with E-state index in [9.17, 15) is 0 Å². The van der Waals surface area contributed by atoms with Crippen molar-refractivity contribution in [2.45, 2.75) is 25.4 Å². The van der Waals surface area contributed by atoms with E-state index >= 15 is 0 Å². The lowest BCUT2D eigenvalue weighted by Gasteiger charge is -2.31. The molecular formula is C13H21BrN2OS. The molecule has 0 spiro atoms. The van der Waals surface area contributed by atoms with Gasteiger partial charge in [-0.3, -0.25) is 0 Å². The molecule has 0 unspecified atom stereocenters. The van der Waals surface area contributed by atoms with Crippen molar-refractivity contribution in [1.82, 2.24) is 10.2 Å². The number of rotatable bonds is 6. The van der Waals surface area contributed by atoms with Crippen LogP contribution in [0.25, 0.3) is 0 Å². The quantitative estimate of drug-likeness (QED) is 0.810. The van der Waals surface area contributed by atoms with Crippen molar-refractivity contribution in [3.05, 3.63) is 20.8 Å². The molecule has 0 radical (unpaired) electrons. The number of ether oxygens (including phenoxy) is 1. The molecule has 0 aliphatic carbocycles. The lowest BCUT2D eigenvalue weighted by Crippen LogP contribution is -2.40. The van der Waals surface area contributed by atoms with Crippen molar-refractivity contribution in [2.75, 3.05) is 33.4 Å². The van der Waals surface area contributed by atoms with Crippen LogP contribution in [0.5, 0.6) is 0 Å². The minimum absolute atomic E-state index is 0.705. The summed E-state index contributed by atoms with van der Waals surface area (Å²) < 4.78 is 6.57. The molecule has 1 fully saturated rings. The minimum Gasteiger partial charge on any atom is -0.381 e. The summed E-state index contributed by atoms with van der Waals surface area (Å²) in [5.41, 5.74) is 0. The zero-order valence-corrected chi connectivity index (χ0v) is 13.2. The topological polar surface area (TPSA) is 24.5 Å². The molecular weight excluding hydrogens is 312 g/mol. The van der Waals surface area contributed by atoms with Crippen molar-refractivity contribution in [2.24, 2.45) is 0 Å². The van der Waals surface area contributed by atoms with Crippen LogP contribution in [0.15, 0.2) is 15.9 Å². The van der Waals surface area contributed by atoms with Crippen molar-refractivity contribution in [1.29, 1.82) is 0 Å². The number of thiophene rings is 1. The van der Waals surface area contributed by atoms with Gasteiger partial charge >= 0.3 is 0 Å². The molecule has 2 heterocycles. The van der Waals surface area contributed by atoms with Crippen molar-refractivity contribution < 1.29 is 4.74 Å². The Morgan fingerprint density at radius 3 is 2.94 bits per heavy atom. The fourth-order valence-corrected chi connectivity index (χ4v) is 3.64. The molecule has 1 N–H and O–H groups in total. The van der Waals surface area contributed by atoms with E-state index in [0.29, 0.717) is 6.04 Å². The Morgan fingerprint density at radius 2 is 2.28 bits per heavy atom. The standard InChI is InChI=1S/C13H21BrN2OS/c1-16(12-2-6-17-7-3-12)5-4-15-9-13-8-11(14)10-18-13/h8,10,12,15H,2-7,9H2,1H3. The molecule has 18 heavy (non-hydrogen) atoms. The van der Waals surface area contributed by atoms with Gasteiger partial charge in [0.1, 0.15) is 0 Å². The van der Waals surface area contributed by atoms with Crippen LogP contribution in [0.4, 0.5) is 0 Å². The van der Waals surface area contributed by atoms with Crippen LogP contribution >= 0.6 is 27.3 Å². The van der Waals surface area contributed by atoms with E-state index in [0.717, 1.165) is 32.8 Å². The lowest BCUT2D eigenvalue weighted by atomic mass is 10.1. The third-order valence-electron chi connectivity index (χ3n) is 3.38. The van der Waals surface area contributed by atoms with Gasteiger partial charge in [0, 0.05) is 53.6 Å². The van der Waals surface area contributed by atoms with E-state index in [1.807, 2.05) is 0 Å². The molecule has 1 aromatic heterocycles. The van der Waals surface area contributed by atoms with Gasteiger partial charge in [-0.2, -0.15) is 0 Å². The predicted octanol–water partition coefficient (Wildman–Crippen LogP) is 2.71. The maximum absolute atomic E-state index is 5.39. The highest BCUT2D eigenvalue weighted by Gasteiger charge is 2.17. The van der Waals surface area contributed by atoms with E-state index in [1.54, 1.807) is 11.3 Å². The van der Waals surface area contributed by atoms with E-state index in [-0.39, 0.29) is 0 Å². The second kappa shape index (κ2) is 7.60. The summed E-state index contributed by atoms with van der Waals surface area (Å²) in [6.45, 7) is 4.97. The molecule has 102 valence electrons. The lowest BCUT2D eigenvalue weighted by molar-refractivity contribution is 0.0434. The first kappa shape index (κ1) is 14.5. The highest BCUT2D eigenvalue weighted by molar-refractivity contribution is 9.10. The molecule has 3 nitrogen and oxygen atoms in total. The normalized spacial score (nSPS) is 17.5. The van der Waals surface area contributed by atoms with Gasteiger partial charge in [0.25, 0.3) is 0 Å². The zero-order chi connectivity index (χ0) is 12.8. The molecule has 2 rings (SSSR count). The summed E-state index contributed by atoms with van der Waals surface area (Å²) in [4.78, 5) is 3.84. The predicted molar refractivity (Wildman–Crippen MR) is 80.2 cm³/mol. The molecule has 0 saturated carbocycles. The van der Waals surface area contributed by atoms with Crippen LogP contribution in [0.3, 0.4) is 0 Å². The van der Waals surface area contributed by atoms with Gasteiger partial charge in [0.2, 0.25) is 0 Å². The third-order valence-corrected chi connectivity index (χ3v) is 5.07. The van der Waals surface area contributed by atoms with E-state index < -0.39 is 0 Å². The van der Waals surface area contributed by atoms with Crippen LogP contribution in [-0.4, -0.2) is 44.3 Å². The second-order valence-corrected chi connectivity index (χ2v) is 6.64. The number of likely N-dealkylation sites (N-methyl/N-ethyl adjacent to an activating group) is 1. The summed E-state index contributed by atoms with van der Waals surface area (Å²) in [5.74, 6) is 0. The summed E-state index contributed by atoms with van der Waals surface area (Å²) in [5, 5.41) is 5.63. The maximum Gasteiger partial charge on any atom is 0.0480 e. The first-order chi connectivity index (χ1) is 8.75. The zero-order valence-electron chi connectivity index (χ0n) is 10.8. The van der Waals surface area contributed by atoms with Crippen LogP contribution in [0.1, 0.15) is 17.7 Å². The van der Waals surface area contributed by atoms with Crippen molar-refractivity contribution >= 4 is 27.3 Å². The highest BCUT2D eigenvalue weighted by atomic mass is 79.9. The minimum atomic E-state index is 0.705. The monoisotopic (exact) mass is 332 g/mol. The summed E-state index contributed by atoms with van der Waals surface area (Å²) in [6.07, 6.45) is 2.35. The molecule has 0 bridgehead atoms. The Labute approximate surface area is 122 Å². The Balaban J connectivity index is 1.59. The van der Waals surface area contributed by atoms with Gasteiger partial charge in [0.05, 0.1) is 0 Å². The Bertz CT molecular complexity index is 353. The van der Waals surface area contributed by atoms with E-state index in [1.165, 1.54) is 22.2 Å². The molecule has 1 saturated heterocycles. The average Bonchev–Trinajstić information content (AvgIpc) is 2.81. The summed E-state index contributed by atoms with van der Waals surface area (Å²) in [6, 6.07) is 2.89. The third kappa shape index (κ3) is 4.63. The van der Waals surface area contributed by atoms with Gasteiger partial charge in [-0.15, -0.1) is 11.3 Å². The molecule has 0 aromatic carbocycles.